The smallest absolute Gasteiger partial charge is 0.248 e. The number of nitrogens with zero attached hydrogens (tertiary/aromatic N) is 3. The number of hydrogen-bond donors (Lipinski definition) is 1. The van der Waals surface area contributed by atoms with Gasteiger partial charge in [0.15, 0.2) is 0 Å². The summed E-state index contributed by atoms with van der Waals surface area (Å²) in [6.07, 6.45) is 5.20. The van der Waals surface area contributed by atoms with Crippen LogP contribution in [0.15, 0.2) is 55.6 Å². The van der Waals surface area contributed by atoms with Gasteiger partial charge in [0.25, 0.3) is 0 Å². The number of aliphatic hydroxyl groups is 1. The highest BCUT2D eigenvalue weighted by Gasteiger charge is 2.74. The van der Waals surface area contributed by atoms with Crippen LogP contribution in [0, 0.1) is 11.8 Å². The number of ether oxygens (including phenoxy) is 1. The molecular weight excluding hydrogens is 470 g/mol. The van der Waals surface area contributed by atoms with Crippen molar-refractivity contribution in [3.05, 3.63) is 55.6 Å². The van der Waals surface area contributed by atoms with Crippen molar-refractivity contribution in [2.75, 3.05) is 31.1 Å². The number of rotatable bonds is 12. The molecule has 0 radical (unpaired) electrons. The van der Waals surface area contributed by atoms with Crippen molar-refractivity contribution in [1.82, 2.24) is 9.80 Å². The van der Waals surface area contributed by atoms with Crippen molar-refractivity contribution < 1.29 is 24.2 Å². The van der Waals surface area contributed by atoms with E-state index in [1.807, 2.05) is 44.2 Å². The zero-order valence-electron chi connectivity index (χ0n) is 21.9. The second-order valence-corrected chi connectivity index (χ2v) is 10.5. The number of fused-ring (bicyclic) bond motifs is 1. The second kappa shape index (κ2) is 11.2. The molecule has 1 aromatic rings. The number of carbonyl (C=O) groups is 3. The molecule has 1 N–H and O–H groups in total. The van der Waals surface area contributed by atoms with Gasteiger partial charge in [-0.15, -0.1) is 13.2 Å². The van der Waals surface area contributed by atoms with Gasteiger partial charge in [-0.1, -0.05) is 30.4 Å². The highest BCUT2D eigenvalue weighted by atomic mass is 16.5. The molecule has 3 aliphatic heterocycles. The molecule has 2 unspecified atom stereocenters. The van der Waals surface area contributed by atoms with Crippen LogP contribution in [0.3, 0.4) is 0 Å². The Kier molecular flexibility index (Phi) is 8.19. The Hall–Kier alpha value is -2.97. The first-order valence-corrected chi connectivity index (χ1v) is 13.3. The van der Waals surface area contributed by atoms with Crippen LogP contribution >= 0.6 is 0 Å². The summed E-state index contributed by atoms with van der Waals surface area (Å²) in [5, 5.41) is 9.34. The third kappa shape index (κ3) is 4.61. The van der Waals surface area contributed by atoms with Crippen molar-refractivity contribution in [2.24, 2.45) is 11.8 Å². The summed E-state index contributed by atoms with van der Waals surface area (Å²) in [6.45, 7) is 12.5. The SMILES string of the molecule is C=CCN(C(=O)[C@@H]1[C@@H]2CCC3(O2)C(C(=O)N(CC=C)C(C)C)N(CCCCO)C(=O)[C@H]13)c1ccccc1. The molecule has 4 rings (SSSR count). The normalized spacial score (nSPS) is 27.9. The molecule has 200 valence electrons. The maximum atomic E-state index is 14.1. The first-order valence-electron chi connectivity index (χ1n) is 13.3. The van der Waals surface area contributed by atoms with E-state index in [4.69, 9.17) is 4.74 Å². The Bertz CT molecular complexity index is 1030. The molecule has 0 saturated carbocycles. The van der Waals surface area contributed by atoms with Gasteiger partial charge >= 0.3 is 0 Å². The number of aliphatic hydroxyl groups excluding tert-OH is 1. The summed E-state index contributed by atoms with van der Waals surface area (Å²) in [4.78, 5) is 47.2. The van der Waals surface area contributed by atoms with Crippen molar-refractivity contribution in [3.63, 3.8) is 0 Å². The topological polar surface area (TPSA) is 90.4 Å². The summed E-state index contributed by atoms with van der Waals surface area (Å²) in [5.41, 5.74) is -0.303. The Morgan fingerprint density at radius 2 is 1.86 bits per heavy atom. The Balaban J connectivity index is 1.73. The fourth-order valence-electron chi connectivity index (χ4n) is 6.44. The summed E-state index contributed by atoms with van der Waals surface area (Å²) < 4.78 is 6.57. The lowest BCUT2D eigenvalue weighted by Crippen LogP contribution is -2.57. The zero-order valence-corrected chi connectivity index (χ0v) is 21.9. The van der Waals surface area contributed by atoms with E-state index in [1.165, 1.54) is 0 Å². The first kappa shape index (κ1) is 27.1. The molecular formula is C29H39N3O5. The predicted octanol–water partition coefficient (Wildman–Crippen LogP) is 2.78. The third-order valence-electron chi connectivity index (χ3n) is 8.00. The van der Waals surface area contributed by atoms with Crippen LogP contribution in [-0.2, 0) is 19.1 Å². The molecule has 37 heavy (non-hydrogen) atoms. The van der Waals surface area contributed by atoms with Crippen LogP contribution < -0.4 is 4.90 Å². The number of likely N-dealkylation sites (tertiary alicyclic amines) is 1. The minimum Gasteiger partial charge on any atom is -0.396 e. The molecule has 3 saturated heterocycles. The quantitative estimate of drug-likeness (QED) is 0.346. The van der Waals surface area contributed by atoms with Gasteiger partial charge in [-0.25, -0.2) is 0 Å². The van der Waals surface area contributed by atoms with E-state index in [-0.39, 0.29) is 30.4 Å². The minimum absolute atomic E-state index is 0.0110. The Morgan fingerprint density at radius 3 is 2.49 bits per heavy atom. The number of hydrogen-bond acceptors (Lipinski definition) is 5. The minimum atomic E-state index is -1.04. The van der Waals surface area contributed by atoms with Crippen LogP contribution in [0.4, 0.5) is 5.69 Å². The van der Waals surface area contributed by atoms with Gasteiger partial charge in [0.1, 0.15) is 11.6 Å². The van der Waals surface area contributed by atoms with Crippen molar-refractivity contribution in [1.29, 1.82) is 0 Å². The van der Waals surface area contributed by atoms with Crippen molar-refractivity contribution >= 4 is 23.4 Å². The van der Waals surface area contributed by atoms with E-state index in [1.54, 1.807) is 26.9 Å². The van der Waals surface area contributed by atoms with Crippen LogP contribution in [0.1, 0.15) is 39.5 Å². The van der Waals surface area contributed by atoms with Crippen molar-refractivity contribution in [2.45, 2.75) is 63.3 Å². The lowest BCUT2D eigenvalue weighted by atomic mass is 9.70. The van der Waals surface area contributed by atoms with E-state index in [0.29, 0.717) is 45.3 Å². The molecule has 5 atom stereocenters. The van der Waals surface area contributed by atoms with E-state index in [9.17, 15) is 19.5 Å². The van der Waals surface area contributed by atoms with E-state index >= 15 is 0 Å². The van der Waals surface area contributed by atoms with E-state index in [0.717, 1.165) is 5.69 Å². The van der Waals surface area contributed by atoms with Gasteiger partial charge in [0.05, 0.1) is 17.9 Å². The zero-order chi connectivity index (χ0) is 26.7. The molecule has 3 heterocycles. The number of amides is 3. The number of unbranched alkanes of at least 4 members (excludes halogenated alkanes) is 1. The molecule has 0 aromatic heterocycles. The molecule has 8 nitrogen and oxygen atoms in total. The van der Waals surface area contributed by atoms with E-state index in [2.05, 4.69) is 13.2 Å². The number of carbonyl (C=O) groups excluding carboxylic acids is 3. The highest BCUT2D eigenvalue weighted by molar-refractivity contribution is 6.03. The standard InChI is InChI=1S/C29H39N3O5/c1-5-16-30(20(3)4)28(36)25-29-15-14-22(37-29)23(24(29)27(35)32(25)18-10-11-19-33)26(34)31(17-6-2)21-12-8-7-9-13-21/h5-9,12-13,20,22-25,33H,1-2,10-11,14-19H2,3-4H3/t22-,23+,24-,25?,29?/m0/s1. The van der Waals surface area contributed by atoms with Crippen molar-refractivity contribution in [3.8, 4) is 0 Å². The maximum Gasteiger partial charge on any atom is 0.248 e. The Morgan fingerprint density at radius 1 is 1.16 bits per heavy atom. The number of para-hydroxylation sites is 1. The molecule has 0 aliphatic carbocycles. The Labute approximate surface area is 219 Å². The molecule has 3 amide bonds. The molecule has 1 aromatic carbocycles. The summed E-state index contributed by atoms with van der Waals surface area (Å²) in [6, 6.07) is 8.47. The van der Waals surface area contributed by atoms with Gasteiger partial charge < -0.3 is 24.5 Å². The fourth-order valence-corrected chi connectivity index (χ4v) is 6.44. The second-order valence-electron chi connectivity index (χ2n) is 10.5. The third-order valence-corrected chi connectivity index (χ3v) is 8.00. The molecule has 8 heteroatoms. The molecule has 3 fully saturated rings. The summed E-state index contributed by atoms with van der Waals surface area (Å²) in [7, 11) is 0. The maximum absolute atomic E-state index is 14.1. The molecule has 2 bridgehead atoms. The average molecular weight is 510 g/mol. The monoisotopic (exact) mass is 509 g/mol. The fraction of sp³-hybridized carbons (Fsp3) is 0.552. The largest absolute Gasteiger partial charge is 0.396 e. The van der Waals surface area contributed by atoms with Crippen LogP contribution in [0.5, 0.6) is 0 Å². The highest BCUT2D eigenvalue weighted by Crippen LogP contribution is 2.59. The van der Waals surface area contributed by atoms with Gasteiger partial charge in [-0.05, 0) is 51.7 Å². The number of benzene rings is 1. The first-order chi connectivity index (χ1) is 17.8. The van der Waals surface area contributed by atoms with Gasteiger partial charge in [-0.2, -0.15) is 0 Å². The lowest BCUT2D eigenvalue weighted by molar-refractivity contribution is -0.149. The van der Waals surface area contributed by atoms with Crippen LogP contribution in [-0.4, -0.2) is 82.7 Å². The van der Waals surface area contributed by atoms with Gasteiger partial charge in [-0.3, -0.25) is 14.4 Å². The van der Waals surface area contributed by atoms with Gasteiger partial charge in [0, 0.05) is 38.0 Å². The molecule has 3 aliphatic rings. The van der Waals surface area contributed by atoms with Crippen LogP contribution in [0.25, 0.3) is 0 Å². The summed E-state index contributed by atoms with van der Waals surface area (Å²) >= 11 is 0. The van der Waals surface area contributed by atoms with E-state index < -0.39 is 29.6 Å². The summed E-state index contributed by atoms with van der Waals surface area (Å²) in [5.74, 6) is -1.95. The van der Waals surface area contributed by atoms with Gasteiger partial charge in [0.2, 0.25) is 17.7 Å². The number of anilines is 1. The lowest BCUT2D eigenvalue weighted by Gasteiger charge is -2.38. The predicted molar refractivity (Wildman–Crippen MR) is 142 cm³/mol. The van der Waals surface area contributed by atoms with Crippen LogP contribution in [0.2, 0.25) is 0 Å². The average Bonchev–Trinajstić information content (AvgIpc) is 3.53. The molecule has 1 spiro atoms.